The van der Waals surface area contributed by atoms with E-state index in [0.29, 0.717) is 11.8 Å². The van der Waals surface area contributed by atoms with Gasteiger partial charge in [0.05, 0.1) is 10.7 Å². The van der Waals surface area contributed by atoms with Crippen molar-refractivity contribution in [1.29, 1.82) is 0 Å². The SMILES string of the molecule is CCCNC(Cc1cccc(O)c1)Cc1csc(C)n1. The van der Waals surface area contributed by atoms with Crippen LogP contribution in [0.1, 0.15) is 29.6 Å². The molecule has 1 unspecified atom stereocenters. The van der Waals surface area contributed by atoms with Gasteiger partial charge in [-0.3, -0.25) is 0 Å². The summed E-state index contributed by atoms with van der Waals surface area (Å²) in [6, 6.07) is 7.87. The van der Waals surface area contributed by atoms with Gasteiger partial charge in [-0.05, 0) is 44.0 Å². The van der Waals surface area contributed by atoms with Crippen molar-refractivity contribution in [3.63, 3.8) is 0 Å². The molecule has 0 aliphatic rings. The van der Waals surface area contributed by atoms with Gasteiger partial charge in [0.25, 0.3) is 0 Å². The lowest BCUT2D eigenvalue weighted by molar-refractivity contribution is 0.471. The Bertz CT molecular complexity index is 539. The number of benzene rings is 1. The maximum Gasteiger partial charge on any atom is 0.115 e. The molecule has 108 valence electrons. The maximum atomic E-state index is 9.56. The summed E-state index contributed by atoms with van der Waals surface area (Å²) in [6.07, 6.45) is 2.96. The summed E-state index contributed by atoms with van der Waals surface area (Å²) >= 11 is 1.70. The van der Waals surface area contributed by atoms with Crippen LogP contribution in [0.2, 0.25) is 0 Å². The Morgan fingerprint density at radius 3 is 2.85 bits per heavy atom. The van der Waals surface area contributed by atoms with E-state index < -0.39 is 0 Å². The molecule has 0 saturated heterocycles. The zero-order chi connectivity index (χ0) is 14.4. The molecule has 1 aromatic heterocycles. The van der Waals surface area contributed by atoms with Gasteiger partial charge >= 0.3 is 0 Å². The van der Waals surface area contributed by atoms with Crippen LogP contribution < -0.4 is 5.32 Å². The molecule has 1 atom stereocenters. The molecule has 2 aromatic rings. The number of hydrogen-bond acceptors (Lipinski definition) is 4. The van der Waals surface area contributed by atoms with Gasteiger partial charge in [-0.1, -0.05) is 19.1 Å². The first-order valence-electron chi connectivity index (χ1n) is 7.09. The van der Waals surface area contributed by atoms with E-state index in [4.69, 9.17) is 0 Å². The van der Waals surface area contributed by atoms with E-state index in [0.717, 1.165) is 42.1 Å². The highest BCUT2D eigenvalue weighted by atomic mass is 32.1. The third-order valence-corrected chi connectivity index (χ3v) is 4.02. The quantitative estimate of drug-likeness (QED) is 0.822. The summed E-state index contributed by atoms with van der Waals surface area (Å²) in [5.41, 5.74) is 2.31. The summed E-state index contributed by atoms with van der Waals surface area (Å²) in [7, 11) is 0. The number of aromatic hydroxyl groups is 1. The van der Waals surface area contributed by atoms with Crippen molar-refractivity contribution >= 4 is 11.3 Å². The Balaban J connectivity index is 2.02. The number of phenols is 1. The van der Waals surface area contributed by atoms with Gasteiger partial charge in [0.15, 0.2) is 0 Å². The molecule has 2 N–H and O–H groups in total. The first-order chi connectivity index (χ1) is 9.67. The lowest BCUT2D eigenvalue weighted by atomic mass is 10.0. The number of aromatic nitrogens is 1. The van der Waals surface area contributed by atoms with E-state index >= 15 is 0 Å². The zero-order valence-corrected chi connectivity index (χ0v) is 12.9. The minimum Gasteiger partial charge on any atom is -0.508 e. The monoisotopic (exact) mass is 290 g/mol. The molecule has 0 aliphatic heterocycles. The van der Waals surface area contributed by atoms with Gasteiger partial charge in [0.2, 0.25) is 0 Å². The summed E-state index contributed by atoms with van der Waals surface area (Å²) in [5.74, 6) is 0.334. The third kappa shape index (κ3) is 4.62. The van der Waals surface area contributed by atoms with E-state index in [1.165, 1.54) is 0 Å². The first-order valence-corrected chi connectivity index (χ1v) is 7.97. The third-order valence-electron chi connectivity index (χ3n) is 3.20. The number of nitrogens with one attached hydrogen (secondary N) is 1. The molecule has 4 heteroatoms. The predicted octanol–water partition coefficient (Wildman–Crippen LogP) is 3.31. The molecule has 1 aromatic carbocycles. The van der Waals surface area contributed by atoms with Crippen LogP contribution in [0, 0.1) is 6.92 Å². The van der Waals surface area contributed by atoms with E-state index in [1.54, 1.807) is 17.4 Å². The van der Waals surface area contributed by atoms with Gasteiger partial charge in [0.1, 0.15) is 5.75 Å². The second-order valence-electron chi connectivity index (χ2n) is 5.09. The van der Waals surface area contributed by atoms with Gasteiger partial charge < -0.3 is 10.4 Å². The van der Waals surface area contributed by atoms with Crippen LogP contribution in [0.5, 0.6) is 5.75 Å². The van der Waals surface area contributed by atoms with Crippen molar-refractivity contribution in [2.45, 2.75) is 39.2 Å². The molecular weight excluding hydrogens is 268 g/mol. The average Bonchev–Trinajstić information content (AvgIpc) is 2.81. The number of thiazole rings is 1. The molecule has 0 aliphatic carbocycles. The minimum atomic E-state index is 0.334. The maximum absolute atomic E-state index is 9.56. The lowest BCUT2D eigenvalue weighted by Gasteiger charge is -2.18. The fraction of sp³-hybridized carbons (Fsp3) is 0.438. The van der Waals surface area contributed by atoms with Crippen LogP contribution in [0.3, 0.4) is 0 Å². The van der Waals surface area contributed by atoms with Gasteiger partial charge in [-0.2, -0.15) is 0 Å². The highest BCUT2D eigenvalue weighted by Gasteiger charge is 2.12. The van der Waals surface area contributed by atoms with Crippen molar-refractivity contribution in [2.75, 3.05) is 6.54 Å². The molecule has 0 spiro atoms. The lowest BCUT2D eigenvalue weighted by Crippen LogP contribution is -2.33. The summed E-state index contributed by atoms with van der Waals surface area (Å²) < 4.78 is 0. The van der Waals surface area contributed by atoms with Gasteiger partial charge in [0, 0.05) is 17.8 Å². The number of nitrogens with zero attached hydrogens (tertiary/aromatic N) is 1. The molecule has 0 radical (unpaired) electrons. The summed E-state index contributed by atoms with van der Waals surface area (Å²) in [4.78, 5) is 4.55. The van der Waals surface area contributed by atoms with E-state index in [-0.39, 0.29) is 0 Å². The normalized spacial score (nSPS) is 12.5. The second kappa shape index (κ2) is 7.41. The molecule has 1 heterocycles. The van der Waals surface area contributed by atoms with Crippen molar-refractivity contribution in [3.05, 3.63) is 45.9 Å². The molecule has 0 amide bonds. The van der Waals surface area contributed by atoms with E-state index in [2.05, 4.69) is 28.7 Å². The molecular formula is C16H22N2OS. The van der Waals surface area contributed by atoms with E-state index in [9.17, 15) is 5.11 Å². The number of phenolic OH excluding ortho intramolecular Hbond substituents is 1. The molecule has 0 bridgehead atoms. The van der Waals surface area contributed by atoms with Crippen molar-refractivity contribution in [1.82, 2.24) is 10.3 Å². The Morgan fingerprint density at radius 2 is 2.20 bits per heavy atom. The smallest absolute Gasteiger partial charge is 0.115 e. The molecule has 2 rings (SSSR count). The largest absolute Gasteiger partial charge is 0.508 e. The number of rotatable bonds is 7. The molecule has 3 nitrogen and oxygen atoms in total. The van der Waals surface area contributed by atoms with Gasteiger partial charge in [-0.15, -0.1) is 11.3 Å². The molecule has 20 heavy (non-hydrogen) atoms. The van der Waals surface area contributed by atoms with E-state index in [1.807, 2.05) is 19.1 Å². The van der Waals surface area contributed by atoms with Gasteiger partial charge in [-0.25, -0.2) is 4.98 Å². The first kappa shape index (κ1) is 15.0. The molecule has 0 saturated carbocycles. The topological polar surface area (TPSA) is 45.1 Å². The Labute approximate surface area is 124 Å². The summed E-state index contributed by atoms with van der Waals surface area (Å²) in [6.45, 7) is 5.22. The van der Waals surface area contributed by atoms with Crippen LogP contribution in [-0.2, 0) is 12.8 Å². The fourth-order valence-corrected chi connectivity index (χ4v) is 2.91. The molecule has 0 fully saturated rings. The standard InChI is InChI=1S/C16H22N2OS/c1-3-7-17-14(10-15-11-20-12(2)18-15)8-13-5-4-6-16(19)9-13/h4-6,9,11,14,17,19H,3,7-8,10H2,1-2H3. The fourth-order valence-electron chi connectivity index (χ4n) is 2.29. The van der Waals surface area contributed by atoms with Crippen LogP contribution in [0.25, 0.3) is 0 Å². The van der Waals surface area contributed by atoms with Crippen LogP contribution >= 0.6 is 11.3 Å². The Morgan fingerprint density at radius 1 is 1.35 bits per heavy atom. The summed E-state index contributed by atoms with van der Waals surface area (Å²) in [5, 5.41) is 16.4. The van der Waals surface area contributed by atoms with Crippen LogP contribution in [0.15, 0.2) is 29.6 Å². The highest BCUT2D eigenvalue weighted by Crippen LogP contribution is 2.15. The Kier molecular flexibility index (Phi) is 5.56. The van der Waals surface area contributed by atoms with Crippen LogP contribution in [0.4, 0.5) is 0 Å². The Hall–Kier alpha value is -1.39. The number of aryl methyl sites for hydroxylation is 1. The number of hydrogen-bond donors (Lipinski definition) is 2. The average molecular weight is 290 g/mol. The van der Waals surface area contributed by atoms with Crippen molar-refractivity contribution in [3.8, 4) is 5.75 Å². The minimum absolute atomic E-state index is 0.334. The van der Waals surface area contributed by atoms with Crippen molar-refractivity contribution in [2.24, 2.45) is 0 Å². The van der Waals surface area contributed by atoms with Crippen LogP contribution in [-0.4, -0.2) is 22.7 Å². The zero-order valence-electron chi connectivity index (χ0n) is 12.1. The van der Waals surface area contributed by atoms with Crippen molar-refractivity contribution < 1.29 is 5.11 Å². The second-order valence-corrected chi connectivity index (χ2v) is 6.15. The highest BCUT2D eigenvalue weighted by molar-refractivity contribution is 7.09. The predicted molar refractivity (Wildman–Crippen MR) is 84.4 cm³/mol.